The Labute approximate surface area is 171 Å². The molecule has 5 nitrogen and oxygen atoms in total. The first-order valence-electron chi connectivity index (χ1n) is 7.26. The molecule has 0 saturated carbocycles. The van der Waals surface area contributed by atoms with Crippen LogP contribution >= 0.6 is 45.8 Å². The van der Waals surface area contributed by atoms with Crippen molar-refractivity contribution in [3.05, 3.63) is 78.3 Å². The monoisotopic (exact) mass is 501 g/mol. The van der Waals surface area contributed by atoms with Gasteiger partial charge >= 0.3 is 11.9 Å². The molecule has 1 aliphatic heterocycles. The normalized spacial score (nSPS) is 18.7. The molecule has 1 aliphatic rings. The van der Waals surface area contributed by atoms with E-state index in [4.69, 9.17) is 28.3 Å². The molecule has 8 heteroatoms. The van der Waals surface area contributed by atoms with Crippen LogP contribution in [0, 0.1) is 3.57 Å². The minimum atomic E-state index is -1.81. The fourth-order valence-corrected chi connectivity index (χ4v) is 3.84. The van der Waals surface area contributed by atoms with Crippen molar-refractivity contribution in [2.45, 2.75) is 5.54 Å². The van der Waals surface area contributed by atoms with E-state index in [1.807, 2.05) is 0 Å². The Kier molecular flexibility index (Phi) is 5.09. The van der Waals surface area contributed by atoms with Crippen LogP contribution in [0.15, 0.2) is 53.5 Å². The lowest BCUT2D eigenvalue weighted by atomic mass is 9.83. The lowest BCUT2D eigenvalue weighted by Gasteiger charge is -2.24. The molecule has 2 N–H and O–H groups in total. The molecule has 2 aromatic carbocycles. The topological polar surface area (TPSA) is 87.0 Å². The van der Waals surface area contributed by atoms with Crippen LogP contribution in [0.4, 0.5) is 0 Å². The van der Waals surface area contributed by atoms with Crippen LogP contribution in [0.25, 0.3) is 5.57 Å². The summed E-state index contributed by atoms with van der Waals surface area (Å²) in [4.78, 5) is 27.8. The van der Waals surface area contributed by atoms with Gasteiger partial charge in [0.15, 0.2) is 0 Å². The van der Waals surface area contributed by atoms with Crippen LogP contribution < -0.4 is 10.6 Å². The molecular formula is C18H10Cl2INO4. The Morgan fingerprint density at radius 1 is 1.12 bits per heavy atom. The molecule has 1 unspecified atom stereocenters. The lowest BCUT2D eigenvalue weighted by molar-refractivity contribution is -0.141. The largest absolute Gasteiger partial charge is 0.479 e. The molecule has 132 valence electrons. The van der Waals surface area contributed by atoms with Crippen molar-refractivity contribution >= 4 is 63.3 Å². The average molecular weight is 502 g/mol. The fraction of sp³-hybridized carbons (Fsp3) is 0.0556. The Morgan fingerprint density at radius 2 is 1.77 bits per heavy atom. The van der Waals surface area contributed by atoms with E-state index < -0.39 is 17.5 Å². The third-order valence-corrected chi connectivity index (χ3v) is 5.18. The van der Waals surface area contributed by atoms with E-state index in [1.54, 1.807) is 24.3 Å². The Balaban J connectivity index is 2.46. The first kappa shape index (κ1) is 18.9. The van der Waals surface area contributed by atoms with E-state index in [1.165, 1.54) is 18.2 Å². The van der Waals surface area contributed by atoms with E-state index in [0.29, 0.717) is 21.2 Å². The lowest BCUT2D eigenvalue weighted by Crippen LogP contribution is -2.34. The van der Waals surface area contributed by atoms with E-state index in [2.05, 4.69) is 27.6 Å². The van der Waals surface area contributed by atoms with Crippen molar-refractivity contribution in [2.24, 2.45) is 4.99 Å². The van der Waals surface area contributed by atoms with Crippen LogP contribution in [0.5, 0.6) is 0 Å². The number of benzene rings is 2. The Morgan fingerprint density at radius 3 is 2.35 bits per heavy atom. The third-order valence-electron chi connectivity index (χ3n) is 3.95. The zero-order valence-electron chi connectivity index (χ0n) is 12.9. The van der Waals surface area contributed by atoms with Gasteiger partial charge in [0.1, 0.15) is 0 Å². The molecule has 0 aromatic heterocycles. The van der Waals surface area contributed by atoms with Crippen LogP contribution in [-0.2, 0) is 15.1 Å². The number of hydrogen-bond donors (Lipinski definition) is 2. The number of nitrogens with zero attached hydrogens (tertiary/aromatic N) is 1. The Bertz CT molecular complexity index is 1080. The van der Waals surface area contributed by atoms with Crippen LogP contribution in [0.1, 0.15) is 5.56 Å². The minimum Gasteiger partial charge on any atom is -0.479 e. The van der Waals surface area contributed by atoms with Crippen molar-refractivity contribution in [3.8, 4) is 0 Å². The summed E-state index contributed by atoms with van der Waals surface area (Å²) in [5.41, 5.74) is -1.25. The summed E-state index contributed by atoms with van der Waals surface area (Å²) >= 11 is 14.4. The van der Waals surface area contributed by atoms with Gasteiger partial charge in [-0.1, -0.05) is 35.3 Å². The molecule has 1 heterocycles. The molecule has 3 rings (SSSR count). The van der Waals surface area contributed by atoms with E-state index in [9.17, 15) is 14.7 Å². The first-order valence-corrected chi connectivity index (χ1v) is 9.09. The zero-order chi connectivity index (χ0) is 19.1. The highest BCUT2D eigenvalue weighted by Gasteiger charge is 2.46. The third kappa shape index (κ3) is 3.13. The summed E-state index contributed by atoms with van der Waals surface area (Å²) in [7, 11) is 0. The van der Waals surface area contributed by atoms with E-state index >= 15 is 0 Å². The van der Waals surface area contributed by atoms with Gasteiger partial charge in [0.05, 0.1) is 10.4 Å². The van der Waals surface area contributed by atoms with Gasteiger partial charge in [0.2, 0.25) is 5.54 Å². The standard InChI is InChI=1S/C18H10Cl2INO4/c19-10-7-13(20)16-12(5-6-15(23)24)18(17(25)26,22-14(16)8-10)9-1-3-11(21)4-2-9/h1-8H,(H,23,24)(H,25,26)/b6-5-. The van der Waals surface area contributed by atoms with E-state index in [0.717, 1.165) is 9.65 Å². The highest BCUT2D eigenvalue weighted by molar-refractivity contribution is 14.1. The molecular weight excluding hydrogens is 492 g/mol. The summed E-state index contributed by atoms with van der Waals surface area (Å²) in [5.74, 6) is -2.45. The minimum absolute atomic E-state index is 0.172. The fourth-order valence-electron chi connectivity index (χ4n) is 2.89. The van der Waals surface area contributed by atoms with E-state index in [-0.39, 0.29) is 10.6 Å². The predicted molar refractivity (Wildman–Crippen MR) is 106 cm³/mol. The molecule has 0 spiro atoms. The number of carbonyl (C=O) groups is 2. The van der Waals surface area contributed by atoms with Gasteiger partial charge in [-0.15, -0.1) is 0 Å². The quantitative estimate of drug-likeness (QED) is 0.498. The number of halogens is 3. The predicted octanol–water partition coefficient (Wildman–Crippen LogP) is 3.00. The van der Waals surface area contributed by atoms with Gasteiger partial charge in [-0.2, -0.15) is 0 Å². The smallest absolute Gasteiger partial charge is 0.341 e. The maximum Gasteiger partial charge on any atom is 0.341 e. The van der Waals surface area contributed by atoms with Crippen molar-refractivity contribution in [2.75, 3.05) is 0 Å². The van der Waals surface area contributed by atoms with Crippen LogP contribution in [-0.4, -0.2) is 22.2 Å². The molecule has 1 atom stereocenters. The van der Waals surface area contributed by atoms with Gasteiger partial charge < -0.3 is 10.2 Å². The van der Waals surface area contributed by atoms with Gasteiger partial charge in [0.25, 0.3) is 0 Å². The van der Waals surface area contributed by atoms with Crippen molar-refractivity contribution in [3.63, 3.8) is 0 Å². The first-order chi connectivity index (χ1) is 12.3. The highest BCUT2D eigenvalue weighted by Crippen LogP contribution is 2.38. The van der Waals surface area contributed by atoms with Crippen LogP contribution in [0.2, 0.25) is 10.0 Å². The van der Waals surface area contributed by atoms with Crippen LogP contribution in [0.3, 0.4) is 0 Å². The van der Waals surface area contributed by atoms with Crippen molar-refractivity contribution in [1.29, 1.82) is 0 Å². The maximum absolute atomic E-state index is 12.4. The molecule has 0 bridgehead atoms. The van der Waals surface area contributed by atoms with Crippen molar-refractivity contribution < 1.29 is 19.8 Å². The molecule has 0 aliphatic carbocycles. The van der Waals surface area contributed by atoms with Crippen molar-refractivity contribution in [1.82, 2.24) is 0 Å². The number of rotatable bonds is 4. The molecule has 0 amide bonds. The molecule has 0 fully saturated rings. The number of hydrogen-bond acceptors (Lipinski definition) is 3. The maximum atomic E-state index is 12.4. The Hall–Kier alpha value is -1.90. The summed E-state index contributed by atoms with van der Waals surface area (Å²) in [6.07, 6.45) is 2.10. The second-order valence-electron chi connectivity index (χ2n) is 5.50. The van der Waals surface area contributed by atoms with Gasteiger partial charge in [-0.05, 0) is 58.5 Å². The van der Waals surface area contributed by atoms with Gasteiger partial charge in [0, 0.05) is 25.5 Å². The highest BCUT2D eigenvalue weighted by atomic mass is 127. The van der Waals surface area contributed by atoms with Gasteiger partial charge in [-0.3, -0.25) is 4.99 Å². The second kappa shape index (κ2) is 7.02. The number of aliphatic carboxylic acids is 2. The number of carboxylic acids is 2. The molecule has 26 heavy (non-hydrogen) atoms. The summed E-state index contributed by atoms with van der Waals surface area (Å²) in [5, 5.41) is 20.3. The molecule has 0 radical (unpaired) electrons. The summed E-state index contributed by atoms with van der Waals surface area (Å²) in [6, 6.07) is 9.79. The van der Waals surface area contributed by atoms with Gasteiger partial charge in [-0.25, -0.2) is 9.59 Å². The SMILES string of the molecule is O=C(O)/C=C\C1=c2c(Cl)cc(Cl)cc2=NC1(C(=O)O)c1ccc(I)cc1. The summed E-state index contributed by atoms with van der Waals surface area (Å²) < 4.78 is 0.922. The number of carboxylic acid groups (broad SMARTS) is 2. The molecule has 2 aromatic rings. The average Bonchev–Trinajstić information content (AvgIpc) is 2.89. The number of fused-ring (bicyclic) bond motifs is 1. The summed E-state index contributed by atoms with van der Waals surface area (Å²) in [6.45, 7) is 0. The zero-order valence-corrected chi connectivity index (χ0v) is 16.6. The molecule has 0 saturated heterocycles. The second-order valence-corrected chi connectivity index (χ2v) is 7.59.